The summed E-state index contributed by atoms with van der Waals surface area (Å²) >= 11 is 4.90. The SMILES string of the molecule is CCN(C(=O)/C=C/c1ccc(Br)s1)C(C)CS(=O)(=O)CC. The molecule has 1 amide bonds. The number of carbonyl (C=O) groups excluding carboxylic acids is 1. The zero-order valence-electron chi connectivity index (χ0n) is 12.4. The number of likely N-dealkylation sites (N-methyl/N-ethyl adjacent to an activating group) is 1. The number of amides is 1. The van der Waals surface area contributed by atoms with Crippen molar-refractivity contribution in [2.24, 2.45) is 0 Å². The molecule has 21 heavy (non-hydrogen) atoms. The van der Waals surface area contributed by atoms with Gasteiger partial charge in [-0.1, -0.05) is 6.92 Å². The highest BCUT2D eigenvalue weighted by atomic mass is 79.9. The molecule has 0 saturated carbocycles. The van der Waals surface area contributed by atoms with Gasteiger partial charge in [0.15, 0.2) is 9.84 Å². The van der Waals surface area contributed by atoms with Gasteiger partial charge in [0.1, 0.15) is 0 Å². The Balaban J connectivity index is 2.75. The molecule has 1 rings (SSSR count). The van der Waals surface area contributed by atoms with Gasteiger partial charge in [0.2, 0.25) is 5.91 Å². The van der Waals surface area contributed by atoms with Crippen molar-refractivity contribution >= 4 is 49.1 Å². The highest BCUT2D eigenvalue weighted by molar-refractivity contribution is 9.11. The van der Waals surface area contributed by atoms with Crippen LogP contribution in [0.25, 0.3) is 6.08 Å². The monoisotopic (exact) mass is 393 g/mol. The third-order valence-electron chi connectivity index (χ3n) is 3.07. The molecular formula is C14H20BrNO3S2. The number of sulfone groups is 1. The zero-order chi connectivity index (χ0) is 16.0. The van der Waals surface area contributed by atoms with E-state index in [1.165, 1.54) is 17.4 Å². The van der Waals surface area contributed by atoms with Crippen LogP contribution in [0.3, 0.4) is 0 Å². The fraction of sp³-hybridized carbons (Fsp3) is 0.500. The Hall–Kier alpha value is -0.660. The van der Waals surface area contributed by atoms with Crippen LogP contribution in [-0.4, -0.2) is 43.3 Å². The van der Waals surface area contributed by atoms with Crippen molar-refractivity contribution in [2.75, 3.05) is 18.1 Å². The first-order valence-corrected chi connectivity index (χ1v) is 10.2. The van der Waals surface area contributed by atoms with Crippen LogP contribution in [-0.2, 0) is 14.6 Å². The normalized spacial score (nSPS) is 13.5. The van der Waals surface area contributed by atoms with Crippen LogP contribution in [0.5, 0.6) is 0 Å². The van der Waals surface area contributed by atoms with E-state index in [-0.39, 0.29) is 23.5 Å². The zero-order valence-corrected chi connectivity index (χ0v) is 15.6. The number of hydrogen-bond donors (Lipinski definition) is 0. The van der Waals surface area contributed by atoms with Crippen LogP contribution in [0.4, 0.5) is 0 Å². The molecule has 7 heteroatoms. The average molecular weight is 394 g/mol. The summed E-state index contributed by atoms with van der Waals surface area (Å²) in [7, 11) is -3.09. The summed E-state index contributed by atoms with van der Waals surface area (Å²) in [4.78, 5) is 14.8. The topological polar surface area (TPSA) is 54.5 Å². The first kappa shape index (κ1) is 18.4. The quantitative estimate of drug-likeness (QED) is 0.668. The van der Waals surface area contributed by atoms with Gasteiger partial charge in [-0.3, -0.25) is 4.79 Å². The van der Waals surface area contributed by atoms with Gasteiger partial charge in [0.25, 0.3) is 0 Å². The molecule has 0 aromatic carbocycles. The highest BCUT2D eigenvalue weighted by Crippen LogP contribution is 2.23. The molecular weight excluding hydrogens is 374 g/mol. The molecule has 0 N–H and O–H groups in total. The largest absolute Gasteiger partial charge is 0.336 e. The molecule has 1 heterocycles. The lowest BCUT2D eigenvalue weighted by Gasteiger charge is -2.26. The van der Waals surface area contributed by atoms with Gasteiger partial charge >= 0.3 is 0 Å². The number of hydrogen-bond acceptors (Lipinski definition) is 4. The molecule has 0 fully saturated rings. The molecule has 0 aliphatic heterocycles. The van der Waals surface area contributed by atoms with Crippen molar-refractivity contribution < 1.29 is 13.2 Å². The summed E-state index contributed by atoms with van der Waals surface area (Å²) in [5.74, 6) is -0.0651. The summed E-state index contributed by atoms with van der Waals surface area (Å²) < 4.78 is 24.4. The Morgan fingerprint density at radius 1 is 1.43 bits per heavy atom. The molecule has 0 saturated heterocycles. The van der Waals surface area contributed by atoms with E-state index in [1.807, 2.05) is 19.1 Å². The molecule has 0 spiro atoms. The second kappa shape index (κ2) is 8.10. The maximum absolute atomic E-state index is 12.2. The smallest absolute Gasteiger partial charge is 0.246 e. The van der Waals surface area contributed by atoms with Crippen LogP contribution in [0, 0.1) is 0 Å². The van der Waals surface area contributed by atoms with Gasteiger partial charge in [-0.15, -0.1) is 11.3 Å². The molecule has 1 aromatic rings. The number of rotatable bonds is 7. The predicted octanol–water partition coefficient (Wildman–Crippen LogP) is 3.20. The van der Waals surface area contributed by atoms with E-state index in [4.69, 9.17) is 0 Å². The van der Waals surface area contributed by atoms with Crippen LogP contribution in [0.15, 0.2) is 22.0 Å². The van der Waals surface area contributed by atoms with E-state index in [1.54, 1.807) is 24.8 Å². The van der Waals surface area contributed by atoms with Crippen LogP contribution < -0.4 is 0 Å². The Kier molecular flexibility index (Phi) is 7.09. The van der Waals surface area contributed by atoms with Gasteiger partial charge in [-0.2, -0.15) is 0 Å². The van der Waals surface area contributed by atoms with Crippen molar-refractivity contribution in [1.29, 1.82) is 0 Å². The summed E-state index contributed by atoms with van der Waals surface area (Å²) in [6.45, 7) is 5.72. The average Bonchev–Trinajstić information content (AvgIpc) is 2.82. The van der Waals surface area contributed by atoms with Crippen molar-refractivity contribution in [3.63, 3.8) is 0 Å². The number of carbonyl (C=O) groups is 1. The van der Waals surface area contributed by atoms with Crippen molar-refractivity contribution in [2.45, 2.75) is 26.8 Å². The van der Waals surface area contributed by atoms with E-state index in [2.05, 4.69) is 15.9 Å². The van der Waals surface area contributed by atoms with Gasteiger partial charge in [0.05, 0.1) is 9.54 Å². The minimum atomic E-state index is -3.09. The van der Waals surface area contributed by atoms with E-state index in [0.717, 1.165) is 8.66 Å². The molecule has 0 aliphatic rings. The molecule has 0 radical (unpaired) electrons. The van der Waals surface area contributed by atoms with E-state index in [0.29, 0.717) is 6.54 Å². The van der Waals surface area contributed by atoms with E-state index in [9.17, 15) is 13.2 Å². The molecule has 4 nitrogen and oxygen atoms in total. The Bertz CT molecular complexity index is 607. The summed E-state index contributed by atoms with van der Waals surface area (Å²) in [5.41, 5.74) is 0. The fourth-order valence-corrected chi connectivity index (χ4v) is 4.40. The number of nitrogens with zero attached hydrogens (tertiary/aromatic N) is 1. The Morgan fingerprint density at radius 2 is 2.10 bits per heavy atom. The summed E-state index contributed by atoms with van der Waals surface area (Å²) in [6, 6.07) is 3.51. The predicted molar refractivity (Wildman–Crippen MR) is 92.2 cm³/mol. The summed E-state index contributed by atoms with van der Waals surface area (Å²) in [5, 5.41) is 0. The second-order valence-electron chi connectivity index (χ2n) is 4.65. The Morgan fingerprint density at radius 3 is 2.57 bits per heavy atom. The Labute approximate surface area is 138 Å². The third kappa shape index (κ3) is 5.92. The molecule has 1 unspecified atom stereocenters. The van der Waals surface area contributed by atoms with Gasteiger partial charge in [0, 0.05) is 29.3 Å². The lowest BCUT2D eigenvalue weighted by Crippen LogP contribution is -2.41. The molecule has 0 aliphatic carbocycles. The van der Waals surface area contributed by atoms with E-state index < -0.39 is 9.84 Å². The lowest BCUT2D eigenvalue weighted by molar-refractivity contribution is -0.127. The van der Waals surface area contributed by atoms with Crippen molar-refractivity contribution in [3.05, 3.63) is 26.9 Å². The number of halogens is 1. The minimum Gasteiger partial charge on any atom is -0.336 e. The van der Waals surface area contributed by atoms with Crippen molar-refractivity contribution in [3.8, 4) is 0 Å². The first-order chi connectivity index (χ1) is 9.79. The van der Waals surface area contributed by atoms with Crippen LogP contribution in [0.2, 0.25) is 0 Å². The third-order valence-corrected chi connectivity index (χ3v) is 6.53. The first-order valence-electron chi connectivity index (χ1n) is 6.73. The van der Waals surface area contributed by atoms with Crippen molar-refractivity contribution in [1.82, 2.24) is 4.90 Å². The lowest BCUT2D eigenvalue weighted by atomic mass is 10.3. The van der Waals surface area contributed by atoms with Crippen LogP contribution in [0.1, 0.15) is 25.6 Å². The van der Waals surface area contributed by atoms with E-state index >= 15 is 0 Å². The van der Waals surface area contributed by atoms with Gasteiger partial charge in [-0.05, 0) is 48.0 Å². The maximum Gasteiger partial charge on any atom is 0.246 e. The minimum absolute atomic E-state index is 0.00146. The van der Waals surface area contributed by atoms with Crippen LogP contribution >= 0.6 is 27.3 Å². The molecule has 1 aromatic heterocycles. The standard InChI is InChI=1S/C14H20BrNO3S2/c1-4-16(11(3)10-21(18,19)5-2)14(17)9-7-12-6-8-13(15)20-12/h6-9,11H,4-5,10H2,1-3H3/b9-7+. The molecule has 1 atom stereocenters. The molecule has 118 valence electrons. The highest BCUT2D eigenvalue weighted by Gasteiger charge is 2.21. The maximum atomic E-state index is 12.2. The molecule has 0 bridgehead atoms. The fourth-order valence-electron chi connectivity index (χ4n) is 1.93. The van der Waals surface area contributed by atoms with Gasteiger partial charge < -0.3 is 4.90 Å². The summed E-state index contributed by atoms with van der Waals surface area (Å²) in [6.07, 6.45) is 3.25. The van der Waals surface area contributed by atoms with Gasteiger partial charge in [-0.25, -0.2) is 8.42 Å². The number of thiophene rings is 1. The second-order valence-corrected chi connectivity index (χ2v) is 9.54.